The van der Waals surface area contributed by atoms with Crippen LogP contribution in [0, 0.1) is 5.92 Å². The van der Waals surface area contributed by atoms with Gasteiger partial charge in [0, 0.05) is 18.2 Å². The third-order valence-corrected chi connectivity index (χ3v) is 4.47. The fourth-order valence-electron chi connectivity index (χ4n) is 3.27. The van der Waals surface area contributed by atoms with Crippen LogP contribution in [-0.4, -0.2) is 37.5 Å². The smallest absolute Gasteiger partial charge is 0.251 e. The quantitative estimate of drug-likeness (QED) is 0.640. The maximum atomic E-state index is 12.8. The number of amides is 1. The van der Waals surface area contributed by atoms with Crippen LogP contribution < -0.4 is 5.32 Å². The summed E-state index contributed by atoms with van der Waals surface area (Å²) in [5.74, 6) is 0.550. The Morgan fingerprint density at radius 3 is 2.18 bits per heavy atom. The van der Waals surface area contributed by atoms with Crippen molar-refractivity contribution in [3.8, 4) is 11.1 Å². The van der Waals surface area contributed by atoms with Crippen LogP contribution in [0.3, 0.4) is 0 Å². The highest BCUT2D eigenvalue weighted by Gasteiger charge is 2.16. The van der Waals surface area contributed by atoms with Gasteiger partial charge in [-0.3, -0.25) is 4.79 Å². The topological polar surface area (TPSA) is 32.3 Å². The second kappa shape index (κ2) is 12.4. The van der Waals surface area contributed by atoms with Gasteiger partial charge in [0.15, 0.2) is 0 Å². The Balaban J connectivity index is 0.00000190. The molecule has 1 atom stereocenters. The Hall–Kier alpha value is -2.13. The number of hydrogen-bond donors (Lipinski definition) is 1. The van der Waals surface area contributed by atoms with E-state index in [4.69, 9.17) is 0 Å². The SMILES string of the molecule is CC.CCc1cccc(-c2cccc(C(=O)N[C@@H](CC(C)C)CN(C)C)c2)c1. The lowest BCUT2D eigenvalue weighted by Gasteiger charge is -2.24. The van der Waals surface area contributed by atoms with Crippen LogP contribution >= 0.6 is 0 Å². The van der Waals surface area contributed by atoms with E-state index in [1.807, 2.05) is 46.1 Å². The van der Waals surface area contributed by atoms with Gasteiger partial charge in [0.25, 0.3) is 5.91 Å². The normalized spacial score (nSPS) is 11.8. The second-order valence-corrected chi connectivity index (χ2v) is 7.70. The predicted octanol–water partition coefficient (Wildman–Crippen LogP) is 5.65. The minimum absolute atomic E-state index is 0.00555. The molecule has 2 rings (SSSR count). The lowest BCUT2D eigenvalue weighted by atomic mass is 9.99. The molecule has 0 aliphatic rings. The van der Waals surface area contributed by atoms with Gasteiger partial charge in [-0.1, -0.05) is 71.0 Å². The number of benzene rings is 2. The average molecular weight is 383 g/mol. The van der Waals surface area contributed by atoms with Gasteiger partial charge < -0.3 is 10.2 Å². The van der Waals surface area contributed by atoms with Crippen LogP contribution in [0.2, 0.25) is 0 Å². The maximum absolute atomic E-state index is 12.8. The zero-order chi connectivity index (χ0) is 21.1. The highest BCUT2D eigenvalue weighted by Crippen LogP contribution is 2.22. The minimum Gasteiger partial charge on any atom is -0.348 e. The van der Waals surface area contributed by atoms with Crippen molar-refractivity contribution in [2.45, 2.75) is 53.5 Å². The van der Waals surface area contributed by atoms with Gasteiger partial charge in [-0.05, 0) is 61.7 Å². The molecule has 3 nitrogen and oxygen atoms in total. The minimum atomic E-state index is 0.00555. The van der Waals surface area contributed by atoms with Crippen molar-refractivity contribution in [2.24, 2.45) is 5.92 Å². The summed E-state index contributed by atoms with van der Waals surface area (Å²) < 4.78 is 0. The van der Waals surface area contributed by atoms with Gasteiger partial charge in [-0.15, -0.1) is 0 Å². The van der Waals surface area contributed by atoms with Crippen molar-refractivity contribution in [1.29, 1.82) is 0 Å². The zero-order valence-corrected chi connectivity index (χ0v) is 18.8. The number of nitrogens with zero attached hydrogens (tertiary/aromatic N) is 1. The zero-order valence-electron chi connectivity index (χ0n) is 18.8. The summed E-state index contributed by atoms with van der Waals surface area (Å²) >= 11 is 0. The third kappa shape index (κ3) is 7.85. The largest absolute Gasteiger partial charge is 0.348 e. The van der Waals surface area contributed by atoms with E-state index in [2.05, 4.69) is 61.3 Å². The first-order valence-electron chi connectivity index (χ1n) is 10.5. The van der Waals surface area contributed by atoms with Crippen LogP contribution in [0.25, 0.3) is 11.1 Å². The summed E-state index contributed by atoms with van der Waals surface area (Å²) in [5, 5.41) is 3.22. The molecule has 154 valence electrons. The summed E-state index contributed by atoms with van der Waals surface area (Å²) in [4.78, 5) is 14.9. The summed E-state index contributed by atoms with van der Waals surface area (Å²) in [7, 11) is 4.08. The molecule has 0 saturated heterocycles. The standard InChI is InChI=1S/C23H32N2O.C2H6/c1-6-18-9-7-10-19(14-18)20-11-8-12-21(15-20)23(26)24-22(13-17(2)3)16-25(4)5;1-2/h7-12,14-15,17,22H,6,13,16H2,1-5H3,(H,24,26);1-2H3/t22-;/m0./s1. The van der Waals surface area contributed by atoms with Crippen LogP contribution in [0.1, 0.15) is 57.0 Å². The molecule has 0 saturated carbocycles. The number of rotatable bonds is 8. The highest BCUT2D eigenvalue weighted by molar-refractivity contribution is 5.95. The Kier molecular flexibility index (Phi) is 10.5. The van der Waals surface area contributed by atoms with Crippen molar-refractivity contribution in [3.05, 3.63) is 59.7 Å². The van der Waals surface area contributed by atoms with E-state index in [0.717, 1.165) is 36.1 Å². The predicted molar refractivity (Wildman–Crippen MR) is 122 cm³/mol. The summed E-state index contributed by atoms with van der Waals surface area (Å²) in [5.41, 5.74) is 4.27. The van der Waals surface area contributed by atoms with E-state index >= 15 is 0 Å². The molecule has 1 N–H and O–H groups in total. The molecule has 0 bridgehead atoms. The fourth-order valence-corrected chi connectivity index (χ4v) is 3.27. The second-order valence-electron chi connectivity index (χ2n) is 7.70. The third-order valence-electron chi connectivity index (χ3n) is 4.47. The van der Waals surface area contributed by atoms with Crippen molar-refractivity contribution < 1.29 is 4.79 Å². The van der Waals surface area contributed by atoms with Gasteiger partial charge in [0.05, 0.1) is 0 Å². The van der Waals surface area contributed by atoms with Crippen molar-refractivity contribution in [1.82, 2.24) is 10.2 Å². The monoisotopic (exact) mass is 382 g/mol. The van der Waals surface area contributed by atoms with Crippen LogP contribution in [0.5, 0.6) is 0 Å². The molecule has 28 heavy (non-hydrogen) atoms. The van der Waals surface area contributed by atoms with E-state index in [1.165, 1.54) is 5.56 Å². The molecular weight excluding hydrogens is 344 g/mol. The first-order valence-corrected chi connectivity index (χ1v) is 10.5. The van der Waals surface area contributed by atoms with E-state index in [-0.39, 0.29) is 11.9 Å². The first-order chi connectivity index (χ1) is 13.4. The molecule has 0 spiro atoms. The van der Waals surface area contributed by atoms with Gasteiger partial charge in [0.2, 0.25) is 0 Å². The van der Waals surface area contributed by atoms with E-state index in [0.29, 0.717) is 5.92 Å². The number of likely N-dealkylation sites (N-methyl/N-ethyl adjacent to an activating group) is 1. The molecule has 0 aliphatic heterocycles. The number of hydrogen-bond acceptors (Lipinski definition) is 2. The molecule has 0 heterocycles. The summed E-state index contributed by atoms with van der Waals surface area (Å²) in [6.07, 6.45) is 1.98. The van der Waals surface area contributed by atoms with Crippen molar-refractivity contribution in [3.63, 3.8) is 0 Å². The molecule has 1 amide bonds. The van der Waals surface area contributed by atoms with Gasteiger partial charge >= 0.3 is 0 Å². The summed E-state index contributed by atoms with van der Waals surface area (Å²) in [6.45, 7) is 11.4. The summed E-state index contributed by atoms with van der Waals surface area (Å²) in [6, 6.07) is 16.6. The Morgan fingerprint density at radius 1 is 1.00 bits per heavy atom. The molecule has 0 radical (unpaired) electrons. The highest BCUT2D eigenvalue weighted by atomic mass is 16.1. The van der Waals surface area contributed by atoms with E-state index in [1.54, 1.807) is 0 Å². The average Bonchev–Trinajstić information content (AvgIpc) is 2.68. The number of carbonyl (C=O) groups is 1. The van der Waals surface area contributed by atoms with Crippen LogP contribution in [-0.2, 0) is 6.42 Å². The lowest BCUT2D eigenvalue weighted by molar-refractivity contribution is 0.0924. The first kappa shape index (κ1) is 23.9. The van der Waals surface area contributed by atoms with Gasteiger partial charge in [-0.25, -0.2) is 0 Å². The lowest BCUT2D eigenvalue weighted by Crippen LogP contribution is -2.42. The molecule has 0 unspecified atom stereocenters. The number of nitrogens with one attached hydrogen (secondary N) is 1. The molecular formula is C25H38N2O. The van der Waals surface area contributed by atoms with Crippen molar-refractivity contribution in [2.75, 3.05) is 20.6 Å². The molecule has 2 aromatic carbocycles. The van der Waals surface area contributed by atoms with Crippen LogP contribution in [0.4, 0.5) is 0 Å². The number of aryl methyl sites for hydroxylation is 1. The Bertz CT molecular complexity index is 712. The van der Waals surface area contributed by atoms with Crippen LogP contribution in [0.15, 0.2) is 48.5 Å². The number of carbonyl (C=O) groups excluding carboxylic acids is 1. The fraction of sp³-hybridized carbons (Fsp3) is 0.480. The molecule has 2 aromatic rings. The maximum Gasteiger partial charge on any atom is 0.251 e. The van der Waals surface area contributed by atoms with Gasteiger partial charge in [0.1, 0.15) is 0 Å². The Labute approximate surface area is 172 Å². The molecule has 3 heteroatoms. The van der Waals surface area contributed by atoms with E-state index < -0.39 is 0 Å². The Morgan fingerprint density at radius 2 is 1.61 bits per heavy atom. The molecule has 0 aliphatic carbocycles. The van der Waals surface area contributed by atoms with Gasteiger partial charge in [-0.2, -0.15) is 0 Å². The van der Waals surface area contributed by atoms with Crippen molar-refractivity contribution >= 4 is 5.91 Å². The molecule has 0 aromatic heterocycles. The van der Waals surface area contributed by atoms with E-state index in [9.17, 15) is 4.79 Å². The molecule has 0 fully saturated rings.